The molecular weight excluding hydrogens is 396 g/mol. The van der Waals surface area contributed by atoms with Gasteiger partial charge in [-0.3, -0.25) is 4.79 Å². The highest BCUT2D eigenvalue weighted by Crippen LogP contribution is 2.30. The van der Waals surface area contributed by atoms with Crippen LogP contribution in [0.4, 0.5) is 0 Å². The molecule has 3 nitrogen and oxygen atoms in total. The molecule has 0 radical (unpaired) electrons. The molecule has 13 heavy (non-hydrogen) atoms. The van der Waals surface area contributed by atoms with E-state index in [1.807, 2.05) is 6.92 Å². The molecule has 0 spiro atoms. The third kappa shape index (κ3) is 4.78. The van der Waals surface area contributed by atoms with E-state index in [9.17, 15) is 4.79 Å². The van der Waals surface area contributed by atoms with Crippen LogP contribution in [-0.4, -0.2) is 19.9 Å². The number of carbonyl (C=O) groups is 1. The van der Waals surface area contributed by atoms with Gasteiger partial charge in [0.05, 0.1) is 13.0 Å². The highest BCUT2D eigenvalue weighted by molar-refractivity contribution is 14.2. The molecule has 0 aromatic rings. The number of hydrogen-bond donors (Lipinski definition) is 0. The maximum atomic E-state index is 11.2. The average molecular weight is 411 g/mol. The second kappa shape index (κ2) is 5.69. The van der Waals surface area contributed by atoms with E-state index in [-0.39, 0.29) is 17.4 Å². The van der Waals surface area contributed by atoms with Crippen molar-refractivity contribution in [2.45, 2.75) is 32.7 Å². The highest BCUT2D eigenvalue weighted by atomic mass is 127. The summed E-state index contributed by atoms with van der Waals surface area (Å²) in [6, 6.07) is 0. The Balaban J connectivity index is 4.19. The summed E-state index contributed by atoms with van der Waals surface area (Å²) in [7, 11) is 1.43. The number of esters is 1. The SMILES string of the molecule is COC(=O)C(C)CC(C)(C)N(I)I. The fraction of sp³-hybridized carbons (Fsp3) is 0.875. The van der Waals surface area contributed by atoms with Crippen LogP contribution in [-0.2, 0) is 9.53 Å². The third-order valence-electron chi connectivity index (χ3n) is 1.87. The van der Waals surface area contributed by atoms with Crippen molar-refractivity contribution in [3.05, 3.63) is 0 Å². The average Bonchev–Trinajstić information content (AvgIpc) is 2.01. The number of nitrogens with zero attached hydrogens (tertiary/aromatic N) is 1. The lowest BCUT2D eigenvalue weighted by Crippen LogP contribution is -2.34. The molecule has 5 heteroatoms. The highest BCUT2D eigenvalue weighted by Gasteiger charge is 2.28. The van der Waals surface area contributed by atoms with Gasteiger partial charge in [0, 0.05) is 51.3 Å². The van der Waals surface area contributed by atoms with E-state index < -0.39 is 0 Å². The number of carbonyl (C=O) groups excluding carboxylic acids is 1. The van der Waals surface area contributed by atoms with Crippen molar-refractivity contribution < 1.29 is 9.53 Å². The molecule has 0 bridgehead atoms. The lowest BCUT2D eigenvalue weighted by molar-refractivity contribution is -0.145. The van der Waals surface area contributed by atoms with Crippen LogP contribution in [0.1, 0.15) is 27.2 Å². The zero-order valence-corrected chi connectivity index (χ0v) is 12.6. The minimum absolute atomic E-state index is 0.00866. The Morgan fingerprint density at radius 1 is 1.54 bits per heavy atom. The van der Waals surface area contributed by atoms with Crippen molar-refractivity contribution in [1.82, 2.24) is 1.33 Å². The molecule has 0 fully saturated rings. The molecule has 0 aliphatic rings. The van der Waals surface area contributed by atoms with Crippen LogP contribution >= 0.6 is 45.7 Å². The van der Waals surface area contributed by atoms with Gasteiger partial charge in [-0.25, -0.2) is 0 Å². The Hall–Kier alpha value is 0.890. The van der Waals surface area contributed by atoms with Gasteiger partial charge in [0.15, 0.2) is 0 Å². The lowest BCUT2D eigenvalue weighted by Gasteiger charge is -2.30. The summed E-state index contributed by atoms with van der Waals surface area (Å²) in [6.07, 6.45) is 0.797. The van der Waals surface area contributed by atoms with Gasteiger partial charge in [-0.1, -0.05) is 6.92 Å². The summed E-state index contributed by atoms with van der Waals surface area (Å²) < 4.78 is 6.73. The normalized spacial score (nSPS) is 14.4. The third-order valence-corrected chi connectivity index (χ3v) is 4.48. The van der Waals surface area contributed by atoms with E-state index in [1.54, 1.807) is 0 Å². The van der Waals surface area contributed by atoms with Crippen molar-refractivity contribution in [3.63, 3.8) is 0 Å². The minimum Gasteiger partial charge on any atom is -0.469 e. The van der Waals surface area contributed by atoms with Gasteiger partial charge in [-0.15, -0.1) is 0 Å². The monoisotopic (exact) mass is 411 g/mol. The number of hydrogen-bond acceptors (Lipinski definition) is 3. The smallest absolute Gasteiger partial charge is 0.308 e. The summed E-state index contributed by atoms with van der Waals surface area (Å²) in [5.74, 6) is -0.185. The Kier molecular flexibility index (Phi) is 6.08. The fourth-order valence-corrected chi connectivity index (χ4v) is 1.50. The molecule has 78 valence electrons. The molecule has 0 N–H and O–H groups in total. The van der Waals surface area contributed by atoms with Crippen LogP contribution in [0, 0.1) is 5.92 Å². The van der Waals surface area contributed by atoms with Crippen LogP contribution in [0.3, 0.4) is 0 Å². The molecular formula is C8H15I2NO2. The van der Waals surface area contributed by atoms with Crippen molar-refractivity contribution in [3.8, 4) is 0 Å². The first-order valence-corrected chi connectivity index (χ1v) is 5.94. The van der Waals surface area contributed by atoms with Gasteiger partial charge in [0.25, 0.3) is 0 Å². The van der Waals surface area contributed by atoms with Crippen LogP contribution in [0.2, 0.25) is 0 Å². The molecule has 0 saturated heterocycles. The molecule has 1 unspecified atom stereocenters. The summed E-state index contributed by atoms with van der Waals surface area (Å²) >= 11 is 4.44. The first-order chi connectivity index (χ1) is 5.81. The predicted octanol–water partition coefficient (Wildman–Crippen LogP) is 2.97. The number of rotatable bonds is 4. The summed E-state index contributed by atoms with van der Waals surface area (Å²) in [4.78, 5) is 11.2. The summed E-state index contributed by atoms with van der Waals surface area (Å²) in [5.41, 5.74) is 0.00866. The van der Waals surface area contributed by atoms with Gasteiger partial charge in [-0.2, -0.15) is 1.33 Å². The second-order valence-electron chi connectivity index (χ2n) is 3.67. The van der Waals surface area contributed by atoms with Crippen molar-refractivity contribution >= 4 is 51.7 Å². The molecule has 0 saturated carbocycles. The molecule has 0 amide bonds. The van der Waals surface area contributed by atoms with Gasteiger partial charge in [0.1, 0.15) is 0 Å². The molecule has 0 aliphatic carbocycles. The molecule has 0 aromatic carbocycles. The molecule has 1 atom stereocenters. The van der Waals surface area contributed by atoms with E-state index in [0.717, 1.165) is 6.42 Å². The molecule has 0 rings (SSSR count). The largest absolute Gasteiger partial charge is 0.469 e. The van der Waals surface area contributed by atoms with Crippen LogP contribution in [0.25, 0.3) is 0 Å². The Bertz CT molecular complexity index is 183. The Labute approximate surface area is 108 Å². The number of methoxy groups -OCH3 is 1. The van der Waals surface area contributed by atoms with Crippen LogP contribution < -0.4 is 0 Å². The first kappa shape index (κ1) is 13.9. The zero-order valence-electron chi connectivity index (χ0n) is 8.30. The summed E-state index contributed by atoms with van der Waals surface area (Å²) in [6.45, 7) is 6.10. The van der Waals surface area contributed by atoms with E-state index in [1.165, 1.54) is 7.11 Å². The van der Waals surface area contributed by atoms with E-state index in [4.69, 9.17) is 0 Å². The van der Waals surface area contributed by atoms with Gasteiger partial charge < -0.3 is 4.74 Å². The Morgan fingerprint density at radius 2 is 2.00 bits per heavy atom. The standard InChI is InChI=1S/C8H15I2NO2/c1-6(7(12)13-4)5-8(2,3)11(9)10/h6H,5H2,1-4H3. The van der Waals surface area contributed by atoms with E-state index >= 15 is 0 Å². The maximum absolute atomic E-state index is 11.2. The fourth-order valence-electron chi connectivity index (χ4n) is 1.10. The van der Waals surface area contributed by atoms with Gasteiger partial charge in [-0.05, 0) is 20.3 Å². The molecule has 0 aliphatic heterocycles. The van der Waals surface area contributed by atoms with E-state index in [2.05, 4.69) is 65.6 Å². The number of ether oxygens (including phenoxy) is 1. The Morgan fingerprint density at radius 3 is 2.31 bits per heavy atom. The molecule has 0 heterocycles. The molecule has 0 aromatic heterocycles. The van der Waals surface area contributed by atoms with Crippen molar-refractivity contribution in [2.24, 2.45) is 5.92 Å². The maximum Gasteiger partial charge on any atom is 0.308 e. The van der Waals surface area contributed by atoms with E-state index in [0.29, 0.717) is 0 Å². The lowest BCUT2D eigenvalue weighted by atomic mass is 9.93. The van der Waals surface area contributed by atoms with Crippen molar-refractivity contribution in [2.75, 3.05) is 7.11 Å². The van der Waals surface area contributed by atoms with Gasteiger partial charge in [0.2, 0.25) is 0 Å². The first-order valence-electron chi connectivity index (χ1n) is 4.01. The van der Waals surface area contributed by atoms with Crippen LogP contribution in [0.15, 0.2) is 0 Å². The zero-order chi connectivity index (χ0) is 10.6. The van der Waals surface area contributed by atoms with Gasteiger partial charge >= 0.3 is 5.97 Å². The predicted molar refractivity (Wildman–Crippen MR) is 69.8 cm³/mol. The second-order valence-corrected chi connectivity index (χ2v) is 7.45. The van der Waals surface area contributed by atoms with Crippen molar-refractivity contribution in [1.29, 1.82) is 0 Å². The minimum atomic E-state index is -0.136. The summed E-state index contributed by atoms with van der Waals surface area (Å²) in [5, 5.41) is 0. The number of halogens is 2. The quantitative estimate of drug-likeness (QED) is 0.405. The topological polar surface area (TPSA) is 29.5 Å². The van der Waals surface area contributed by atoms with Crippen LogP contribution in [0.5, 0.6) is 0 Å².